The normalized spacial score (nSPS) is 22.8. The third-order valence-corrected chi connectivity index (χ3v) is 4.75. The molecule has 0 aliphatic carbocycles. The average Bonchev–Trinajstić information content (AvgIpc) is 2.67. The topological polar surface area (TPSA) is 128 Å². The maximum Gasteiger partial charge on any atom is 0.336 e. The molecule has 1 aromatic carbocycles. The lowest BCUT2D eigenvalue weighted by molar-refractivity contribution is -0.253. The molecule has 32 heavy (non-hydrogen) atoms. The number of ether oxygens (including phenoxy) is 5. The van der Waals surface area contributed by atoms with Gasteiger partial charge < -0.3 is 28.1 Å². The predicted molar refractivity (Wildman–Crippen MR) is 109 cm³/mol. The second-order valence-corrected chi connectivity index (χ2v) is 7.40. The van der Waals surface area contributed by atoms with Crippen molar-refractivity contribution >= 4 is 28.9 Å². The van der Waals surface area contributed by atoms with Crippen LogP contribution in [-0.4, -0.2) is 49.1 Å². The van der Waals surface area contributed by atoms with Crippen LogP contribution in [0.5, 0.6) is 5.75 Å². The molecule has 0 N–H and O–H groups in total. The summed E-state index contributed by atoms with van der Waals surface area (Å²) in [6.07, 6.45) is -3.61. The summed E-state index contributed by atoms with van der Waals surface area (Å²) in [5.41, 5.74) is 0.575. The van der Waals surface area contributed by atoms with Gasteiger partial charge in [-0.05, 0) is 24.6 Å². The molecule has 1 saturated heterocycles. The molecule has 4 atom stereocenters. The monoisotopic (exact) mass is 448 g/mol. The summed E-state index contributed by atoms with van der Waals surface area (Å²) in [4.78, 5) is 46.1. The van der Waals surface area contributed by atoms with Crippen molar-refractivity contribution in [2.24, 2.45) is 0 Å². The Kier molecular flexibility index (Phi) is 7.14. The summed E-state index contributed by atoms with van der Waals surface area (Å²) in [5.74, 6) is -1.38. The van der Waals surface area contributed by atoms with Crippen molar-refractivity contribution in [2.45, 2.75) is 58.7 Å². The largest absolute Gasteiger partial charge is 0.463 e. The number of benzene rings is 1. The number of carbonyl (C=O) groups is 3. The van der Waals surface area contributed by atoms with Gasteiger partial charge in [0.05, 0.1) is 0 Å². The van der Waals surface area contributed by atoms with Crippen molar-refractivity contribution < 1.29 is 42.5 Å². The molecule has 10 nitrogen and oxygen atoms in total. The lowest BCUT2D eigenvalue weighted by Gasteiger charge is -2.39. The van der Waals surface area contributed by atoms with Crippen molar-refractivity contribution in [1.82, 2.24) is 0 Å². The van der Waals surface area contributed by atoms with E-state index >= 15 is 0 Å². The molecule has 0 unspecified atom stereocenters. The molecule has 0 saturated carbocycles. The second kappa shape index (κ2) is 9.82. The maximum atomic E-state index is 11.7. The Labute approximate surface area is 183 Å². The van der Waals surface area contributed by atoms with Gasteiger partial charge >= 0.3 is 23.5 Å². The van der Waals surface area contributed by atoms with Gasteiger partial charge in [-0.3, -0.25) is 14.4 Å². The minimum atomic E-state index is -1.10. The van der Waals surface area contributed by atoms with Gasteiger partial charge in [0, 0.05) is 44.7 Å². The van der Waals surface area contributed by atoms with Crippen molar-refractivity contribution in [1.29, 1.82) is 0 Å². The van der Waals surface area contributed by atoms with Crippen molar-refractivity contribution in [3.63, 3.8) is 0 Å². The number of fused-ring (bicyclic) bond motifs is 1. The van der Waals surface area contributed by atoms with Crippen molar-refractivity contribution in [3.8, 4) is 5.75 Å². The predicted octanol–water partition coefficient (Wildman–Crippen LogP) is 2.02. The number of carbonyl (C=O) groups excluding carboxylic acids is 3. The molecule has 0 amide bonds. The van der Waals surface area contributed by atoms with Crippen LogP contribution in [0.2, 0.25) is 0 Å². The zero-order valence-corrected chi connectivity index (χ0v) is 18.1. The van der Waals surface area contributed by atoms with Crippen LogP contribution >= 0.6 is 0 Å². The highest BCUT2D eigenvalue weighted by Crippen LogP contribution is 2.30. The molecule has 0 bridgehead atoms. The molecule has 2 aromatic rings. The molecule has 0 spiro atoms. The summed E-state index contributed by atoms with van der Waals surface area (Å²) in [6, 6.07) is 6.29. The number of hydrogen-bond donors (Lipinski definition) is 0. The fraction of sp³-hybridized carbons (Fsp3) is 0.455. The smallest absolute Gasteiger partial charge is 0.336 e. The SMILES string of the molecule is CC(=O)OC[C@H]1O[C@H](Oc2ccc3c(C)cc(=O)oc3c2)[C@H](OC(C)=O)C[C@H]1OC(C)=O. The minimum Gasteiger partial charge on any atom is -0.463 e. The lowest BCUT2D eigenvalue weighted by Crippen LogP contribution is -2.53. The minimum absolute atomic E-state index is 0.0670. The fourth-order valence-electron chi connectivity index (χ4n) is 3.46. The van der Waals surface area contributed by atoms with Crippen molar-refractivity contribution in [2.75, 3.05) is 6.61 Å². The van der Waals surface area contributed by atoms with Gasteiger partial charge in [-0.1, -0.05) is 0 Å². The van der Waals surface area contributed by atoms with Crippen LogP contribution in [0.25, 0.3) is 11.0 Å². The molecule has 1 aliphatic rings. The van der Waals surface area contributed by atoms with Crippen LogP contribution < -0.4 is 10.4 Å². The Balaban J connectivity index is 1.87. The van der Waals surface area contributed by atoms with Crippen LogP contribution in [0, 0.1) is 6.92 Å². The highest BCUT2D eigenvalue weighted by molar-refractivity contribution is 5.81. The summed E-state index contributed by atoms with van der Waals surface area (Å²) < 4.78 is 32.6. The van der Waals surface area contributed by atoms with Gasteiger partial charge in [0.1, 0.15) is 30.1 Å². The summed E-state index contributed by atoms with van der Waals surface area (Å²) >= 11 is 0. The third kappa shape index (κ3) is 5.85. The van der Waals surface area contributed by atoms with Crippen molar-refractivity contribution in [3.05, 3.63) is 40.2 Å². The van der Waals surface area contributed by atoms with E-state index in [9.17, 15) is 19.2 Å². The standard InChI is InChI=1S/C22H24O10/c1-11-7-21(26)31-17-8-15(5-6-16(11)17)30-22-19(29-14(4)25)9-18(28-13(3)24)20(32-22)10-27-12(2)23/h5-8,18-20,22H,9-10H2,1-4H3/t18-,19-,20-,22+/m1/s1. The zero-order chi connectivity index (χ0) is 23.4. The first-order chi connectivity index (χ1) is 15.1. The van der Waals surface area contributed by atoms with Crippen LogP contribution in [0.1, 0.15) is 32.8 Å². The highest BCUT2D eigenvalue weighted by Gasteiger charge is 2.43. The van der Waals surface area contributed by atoms with Crippen LogP contribution in [0.3, 0.4) is 0 Å². The molecule has 1 aliphatic heterocycles. The van der Waals surface area contributed by atoms with Gasteiger partial charge in [0.25, 0.3) is 0 Å². The van der Waals surface area contributed by atoms with E-state index in [1.165, 1.54) is 32.9 Å². The Morgan fingerprint density at radius 1 is 1.00 bits per heavy atom. The van der Waals surface area contributed by atoms with E-state index in [1.807, 2.05) is 0 Å². The van der Waals surface area contributed by atoms with E-state index in [-0.39, 0.29) is 13.0 Å². The Morgan fingerprint density at radius 3 is 2.34 bits per heavy atom. The van der Waals surface area contributed by atoms with Gasteiger partial charge in [-0.2, -0.15) is 0 Å². The van der Waals surface area contributed by atoms with Gasteiger partial charge in [0.15, 0.2) is 6.10 Å². The second-order valence-electron chi connectivity index (χ2n) is 7.40. The maximum absolute atomic E-state index is 11.7. The fourth-order valence-corrected chi connectivity index (χ4v) is 3.46. The van der Waals surface area contributed by atoms with Gasteiger partial charge in [0.2, 0.25) is 6.29 Å². The average molecular weight is 448 g/mol. The lowest BCUT2D eigenvalue weighted by atomic mass is 10.0. The van der Waals surface area contributed by atoms with E-state index in [1.54, 1.807) is 19.1 Å². The number of hydrogen-bond acceptors (Lipinski definition) is 10. The molecular weight excluding hydrogens is 424 g/mol. The zero-order valence-electron chi connectivity index (χ0n) is 18.1. The Bertz CT molecular complexity index is 1070. The van der Waals surface area contributed by atoms with Crippen LogP contribution in [-0.2, 0) is 33.3 Å². The summed E-state index contributed by atoms with van der Waals surface area (Å²) in [7, 11) is 0. The van der Waals surface area contributed by atoms with E-state index in [2.05, 4.69) is 0 Å². The number of esters is 3. The first-order valence-electron chi connectivity index (χ1n) is 9.97. The Hall–Kier alpha value is -3.40. The summed E-state index contributed by atoms with van der Waals surface area (Å²) in [5, 5.41) is 0.737. The molecule has 2 heterocycles. The van der Waals surface area contributed by atoms with E-state index in [0.29, 0.717) is 11.3 Å². The third-order valence-electron chi connectivity index (χ3n) is 4.75. The van der Waals surface area contributed by atoms with Crippen LogP contribution in [0.4, 0.5) is 0 Å². The van der Waals surface area contributed by atoms with E-state index < -0.39 is 48.1 Å². The highest BCUT2D eigenvalue weighted by atomic mass is 16.7. The molecule has 3 rings (SSSR count). The quantitative estimate of drug-likeness (QED) is 0.368. The number of aryl methyl sites for hydroxylation is 1. The van der Waals surface area contributed by atoms with Gasteiger partial charge in [-0.25, -0.2) is 4.79 Å². The first kappa shape index (κ1) is 23.3. The molecular formula is C22H24O10. The molecule has 172 valence electrons. The van der Waals surface area contributed by atoms with E-state index in [4.69, 9.17) is 28.1 Å². The van der Waals surface area contributed by atoms with Crippen LogP contribution in [0.15, 0.2) is 33.5 Å². The first-order valence-corrected chi connectivity index (χ1v) is 9.97. The molecule has 0 radical (unpaired) electrons. The summed E-state index contributed by atoms with van der Waals surface area (Å²) in [6.45, 7) is 5.30. The molecule has 1 aromatic heterocycles. The van der Waals surface area contributed by atoms with E-state index in [0.717, 1.165) is 10.9 Å². The van der Waals surface area contributed by atoms with Gasteiger partial charge in [-0.15, -0.1) is 0 Å². The Morgan fingerprint density at radius 2 is 1.69 bits per heavy atom. The molecule has 10 heteroatoms. The number of rotatable bonds is 6. The molecule has 1 fully saturated rings.